The molecule has 0 radical (unpaired) electrons. The smallest absolute Gasteiger partial charge is 0.427 e. The fourth-order valence-electron chi connectivity index (χ4n) is 1.48. The van der Waals surface area contributed by atoms with Crippen LogP contribution in [0.5, 0.6) is 11.5 Å². The number of hydrogen-bond acceptors (Lipinski definition) is 3. The summed E-state index contributed by atoms with van der Waals surface area (Å²) >= 11 is 0. The summed E-state index contributed by atoms with van der Waals surface area (Å²) in [6, 6.07) is 5.96. The van der Waals surface area contributed by atoms with E-state index in [1.807, 2.05) is 24.4 Å². The molecule has 4 heteroatoms. The van der Waals surface area contributed by atoms with E-state index >= 15 is 0 Å². The van der Waals surface area contributed by atoms with Crippen molar-refractivity contribution in [3.8, 4) is 11.5 Å². The van der Waals surface area contributed by atoms with Gasteiger partial charge in [0, 0.05) is 17.8 Å². The van der Waals surface area contributed by atoms with E-state index in [9.17, 15) is 0 Å². The fourth-order valence-corrected chi connectivity index (χ4v) is 2.24. The summed E-state index contributed by atoms with van der Waals surface area (Å²) in [6.07, 6.45) is 3.61. The second-order valence-corrected chi connectivity index (χ2v) is 3.74. The van der Waals surface area contributed by atoms with Crippen LogP contribution in [0.1, 0.15) is 0 Å². The Morgan fingerprint density at radius 3 is 2.69 bits per heavy atom. The van der Waals surface area contributed by atoms with Crippen LogP contribution in [0.25, 0.3) is 10.8 Å². The Morgan fingerprint density at radius 2 is 1.85 bits per heavy atom. The zero-order chi connectivity index (χ0) is 8.67. The van der Waals surface area contributed by atoms with Crippen molar-refractivity contribution in [3.63, 3.8) is 0 Å². The molecular weight excluding hydrogens is 182 g/mol. The van der Waals surface area contributed by atoms with E-state index in [1.54, 1.807) is 6.20 Å². The van der Waals surface area contributed by atoms with Crippen LogP contribution in [0.3, 0.4) is 0 Å². The first kappa shape index (κ1) is 6.91. The number of fused-ring (bicyclic) bond motifs is 2. The third-order valence-electron chi connectivity index (χ3n) is 2.13. The van der Waals surface area contributed by atoms with Crippen LogP contribution in [-0.2, 0) is 0 Å². The lowest BCUT2D eigenvalue weighted by Gasteiger charge is -2.00. The molecule has 0 spiro atoms. The van der Waals surface area contributed by atoms with Crippen LogP contribution in [0.4, 0.5) is 0 Å². The summed E-state index contributed by atoms with van der Waals surface area (Å²) in [5.74, 6) is 1.75. The number of hydrogen-bond donors (Lipinski definition) is 0. The average Bonchev–Trinajstić information content (AvgIpc) is 2.61. The van der Waals surface area contributed by atoms with Gasteiger partial charge < -0.3 is 8.85 Å². The van der Waals surface area contributed by atoms with E-state index in [-0.39, 0.29) is 0 Å². The molecule has 0 N–H and O–H groups in total. The summed E-state index contributed by atoms with van der Waals surface area (Å²) in [5, 5.41) is 2.24. The highest BCUT2D eigenvalue weighted by molar-refractivity contribution is 6.23. The van der Waals surface area contributed by atoms with Gasteiger partial charge in [0.1, 0.15) is 11.5 Å². The van der Waals surface area contributed by atoms with Gasteiger partial charge >= 0.3 is 10.0 Å². The van der Waals surface area contributed by atoms with E-state index in [4.69, 9.17) is 8.85 Å². The molecule has 0 saturated heterocycles. The normalized spacial score (nSPS) is 15.4. The Kier molecular flexibility index (Phi) is 1.31. The molecule has 1 aliphatic rings. The van der Waals surface area contributed by atoms with Gasteiger partial charge in [0.2, 0.25) is 0 Å². The minimum atomic E-state index is -0.806. The minimum Gasteiger partial charge on any atom is -0.513 e. The van der Waals surface area contributed by atoms with Crippen molar-refractivity contribution in [3.05, 3.63) is 30.6 Å². The Morgan fingerprint density at radius 1 is 1.08 bits per heavy atom. The first-order valence-electron chi connectivity index (χ1n) is 4.07. The number of nitrogens with zero attached hydrogens (tertiary/aromatic N) is 1. The molecule has 0 amide bonds. The molecule has 64 valence electrons. The minimum absolute atomic E-state index is 0.806. The lowest BCUT2D eigenvalue weighted by atomic mass is 10.1. The van der Waals surface area contributed by atoms with Crippen molar-refractivity contribution in [2.75, 3.05) is 0 Å². The van der Waals surface area contributed by atoms with Gasteiger partial charge in [-0.15, -0.1) is 0 Å². The van der Waals surface area contributed by atoms with Crippen LogP contribution in [0.2, 0.25) is 0 Å². The van der Waals surface area contributed by atoms with Crippen LogP contribution < -0.4 is 8.85 Å². The van der Waals surface area contributed by atoms with Crippen LogP contribution in [0.15, 0.2) is 30.6 Å². The molecule has 0 fully saturated rings. The van der Waals surface area contributed by atoms with Crippen molar-refractivity contribution in [2.24, 2.45) is 0 Å². The summed E-state index contributed by atoms with van der Waals surface area (Å²) in [5.41, 5.74) is 0. The summed E-state index contributed by atoms with van der Waals surface area (Å²) in [4.78, 5) is 4.05. The predicted octanol–water partition coefficient (Wildman–Crippen LogP) is 1.00. The third-order valence-corrected chi connectivity index (χ3v) is 2.99. The molecule has 13 heavy (non-hydrogen) atoms. The molecule has 2 aromatic rings. The van der Waals surface area contributed by atoms with E-state index in [0.29, 0.717) is 0 Å². The third kappa shape index (κ3) is 0.989. The highest BCUT2D eigenvalue weighted by atomic mass is 28.3. The molecule has 1 aromatic heterocycles. The maximum absolute atomic E-state index is 5.40. The molecule has 1 aromatic carbocycles. The molecule has 1 aliphatic heterocycles. The largest absolute Gasteiger partial charge is 0.513 e. The van der Waals surface area contributed by atoms with Gasteiger partial charge in [0.05, 0.1) is 0 Å². The van der Waals surface area contributed by atoms with Crippen molar-refractivity contribution in [2.45, 2.75) is 0 Å². The summed E-state index contributed by atoms with van der Waals surface area (Å²) < 4.78 is 10.8. The Balaban J connectivity index is 2.36. The quantitative estimate of drug-likeness (QED) is 0.579. The molecule has 0 saturated carbocycles. The molecular formula is C9H7NO2Si. The van der Waals surface area contributed by atoms with E-state index in [0.717, 1.165) is 22.3 Å². The van der Waals surface area contributed by atoms with Crippen LogP contribution in [-0.4, -0.2) is 15.0 Å². The molecule has 2 heterocycles. The highest BCUT2D eigenvalue weighted by Gasteiger charge is 2.13. The molecule has 0 unspecified atom stereocenters. The zero-order valence-electron chi connectivity index (χ0n) is 6.86. The zero-order valence-corrected chi connectivity index (χ0v) is 8.27. The van der Waals surface area contributed by atoms with Gasteiger partial charge in [-0.3, -0.25) is 4.98 Å². The number of rotatable bonds is 0. The molecule has 0 atom stereocenters. The van der Waals surface area contributed by atoms with Gasteiger partial charge in [0.15, 0.2) is 0 Å². The molecule has 0 aliphatic carbocycles. The maximum atomic E-state index is 5.40. The monoisotopic (exact) mass is 189 g/mol. The lowest BCUT2D eigenvalue weighted by molar-refractivity contribution is 0.541. The standard InChI is InChI=1S/C9H7NO2Si/c1-2-10-5-7-4-9-8(3-6(1)7)11-13-12-9/h1-5H,13H2. The van der Waals surface area contributed by atoms with Gasteiger partial charge in [-0.05, 0) is 23.6 Å². The lowest BCUT2D eigenvalue weighted by Crippen LogP contribution is -1.99. The number of benzene rings is 1. The SMILES string of the molecule is c1cc2cc3c(cc2cn1)O[SiH2]O3. The second-order valence-electron chi connectivity index (χ2n) is 2.93. The average molecular weight is 189 g/mol. The van der Waals surface area contributed by atoms with Gasteiger partial charge in [0.25, 0.3) is 0 Å². The van der Waals surface area contributed by atoms with E-state index in [2.05, 4.69) is 4.98 Å². The van der Waals surface area contributed by atoms with Crippen molar-refractivity contribution in [1.82, 2.24) is 4.98 Å². The Labute approximate surface area is 77.4 Å². The van der Waals surface area contributed by atoms with Crippen molar-refractivity contribution in [1.29, 1.82) is 0 Å². The van der Waals surface area contributed by atoms with Crippen molar-refractivity contribution >= 4 is 20.8 Å². The Hall–Kier alpha value is -1.55. The number of aromatic nitrogens is 1. The Bertz CT molecular complexity index is 430. The van der Waals surface area contributed by atoms with E-state index in [1.165, 1.54) is 0 Å². The topological polar surface area (TPSA) is 31.4 Å². The second kappa shape index (κ2) is 2.47. The molecule has 3 rings (SSSR count). The van der Waals surface area contributed by atoms with Crippen LogP contribution in [0, 0.1) is 0 Å². The van der Waals surface area contributed by atoms with E-state index < -0.39 is 10.0 Å². The van der Waals surface area contributed by atoms with Gasteiger partial charge in [-0.2, -0.15) is 0 Å². The predicted molar refractivity (Wildman–Crippen MR) is 51.5 cm³/mol. The molecule has 0 bridgehead atoms. The fraction of sp³-hybridized carbons (Fsp3) is 0. The maximum Gasteiger partial charge on any atom is 0.427 e. The van der Waals surface area contributed by atoms with Crippen molar-refractivity contribution < 1.29 is 8.85 Å². The van der Waals surface area contributed by atoms with Gasteiger partial charge in [-0.25, -0.2) is 0 Å². The summed E-state index contributed by atoms with van der Waals surface area (Å²) in [6.45, 7) is 0. The first-order valence-corrected chi connectivity index (χ1v) is 5.22. The summed E-state index contributed by atoms with van der Waals surface area (Å²) in [7, 11) is -0.806. The first-order chi connectivity index (χ1) is 6.43. The molecule has 3 nitrogen and oxygen atoms in total. The van der Waals surface area contributed by atoms with Gasteiger partial charge in [-0.1, -0.05) is 0 Å². The van der Waals surface area contributed by atoms with Crippen LogP contribution >= 0.6 is 0 Å². The highest BCUT2D eigenvalue weighted by Crippen LogP contribution is 2.34. The number of pyridine rings is 1.